The maximum atomic E-state index is 14.0. The molecule has 1 atom stereocenters. The molecule has 0 fully saturated rings. The summed E-state index contributed by atoms with van der Waals surface area (Å²) in [5.74, 6) is -2.05. The Labute approximate surface area is 173 Å². The number of carbonyl (C=O) groups is 2. The van der Waals surface area contributed by atoms with Gasteiger partial charge in [-0.1, -0.05) is 36.4 Å². The highest BCUT2D eigenvalue weighted by Gasteiger charge is 2.24. The van der Waals surface area contributed by atoms with Gasteiger partial charge in [-0.05, 0) is 37.1 Å². The SMILES string of the molecule is CCOC(=O)CC(NC(=O)c1cc(O)n(-c2ccccc2F)n1)c1ccccc1C. The largest absolute Gasteiger partial charge is 0.493 e. The minimum absolute atomic E-state index is 0.0102. The monoisotopic (exact) mass is 411 g/mol. The summed E-state index contributed by atoms with van der Waals surface area (Å²) in [6, 6.07) is 13.6. The highest BCUT2D eigenvalue weighted by molar-refractivity contribution is 5.93. The van der Waals surface area contributed by atoms with E-state index < -0.39 is 23.7 Å². The zero-order valence-corrected chi connectivity index (χ0v) is 16.6. The Hall–Kier alpha value is -3.68. The van der Waals surface area contributed by atoms with Crippen molar-refractivity contribution in [1.82, 2.24) is 15.1 Å². The van der Waals surface area contributed by atoms with Gasteiger partial charge in [-0.3, -0.25) is 9.59 Å². The number of rotatable bonds is 7. The number of nitrogens with one attached hydrogen (secondary N) is 1. The Morgan fingerprint density at radius 3 is 2.60 bits per heavy atom. The minimum Gasteiger partial charge on any atom is -0.493 e. The predicted octanol–water partition coefficient (Wildman–Crippen LogP) is 3.45. The zero-order valence-electron chi connectivity index (χ0n) is 16.6. The lowest BCUT2D eigenvalue weighted by Gasteiger charge is -2.20. The Bertz CT molecular complexity index is 1060. The molecular formula is C22H22FN3O4. The molecule has 3 aromatic rings. The van der Waals surface area contributed by atoms with Crippen molar-refractivity contribution in [2.75, 3.05) is 6.61 Å². The van der Waals surface area contributed by atoms with Crippen molar-refractivity contribution in [2.45, 2.75) is 26.3 Å². The first-order chi connectivity index (χ1) is 14.4. The molecule has 0 spiro atoms. The van der Waals surface area contributed by atoms with E-state index >= 15 is 0 Å². The third-order valence-corrected chi connectivity index (χ3v) is 4.55. The lowest BCUT2D eigenvalue weighted by molar-refractivity contribution is -0.143. The Balaban J connectivity index is 1.87. The number of aromatic hydroxyl groups is 1. The summed E-state index contributed by atoms with van der Waals surface area (Å²) in [7, 11) is 0. The first-order valence-corrected chi connectivity index (χ1v) is 9.46. The molecule has 1 amide bonds. The summed E-state index contributed by atoms with van der Waals surface area (Å²) < 4.78 is 20.0. The molecule has 0 aliphatic rings. The molecular weight excluding hydrogens is 389 g/mol. The highest BCUT2D eigenvalue weighted by Crippen LogP contribution is 2.24. The van der Waals surface area contributed by atoms with Crippen molar-refractivity contribution in [3.05, 3.63) is 77.2 Å². The fourth-order valence-electron chi connectivity index (χ4n) is 3.12. The second-order valence-electron chi connectivity index (χ2n) is 6.64. The smallest absolute Gasteiger partial charge is 0.308 e. The van der Waals surface area contributed by atoms with Crippen molar-refractivity contribution in [3.63, 3.8) is 0 Å². The molecule has 1 heterocycles. The third kappa shape index (κ3) is 4.65. The number of ether oxygens (including phenoxy) is 1. The Morgan fingerprint density at radius 1 is 1.20 bits per heavy atom. The van der Waals surface area contributed by atoms with E-state index in [0.717, 1.165) is 21.9 Å². The molecule has 2 N–H and O–H groups in total. The number of amides is 1. The van der Waals surface area contributed by atoms with Crippen LogP contribution in [0, 0.1) is 12.7 Å². The van der Waals surface area contributed by atoms with Crippen LogP contribution in [0.3, 0.4) is 0 Å². The molecule has 156 valence electrons. The maximum absolute atomic E-state index is 14.0. The van der Waals surface area contributed by atoms with E-state index in [4.69, 9.17) is 4.74 Å². The minimum atomic E-state index is -0.654. The van der Waals surface area contributed by atoms with Crippen LogP contribution in [-0.2, 0) is 9.53 Å². The van der Waals surface area contributed by atoms with E-state index in [0.29, 0.717) is 0 Å². The topological polar surface area (TPSA) is 93.5 Å². The molecule has 2 aromatic carbocycles. The van der Waals surface area contributed by atoms with Gasteiger partial charge in [-0.15, -0.1) is 0 Å². The molecule has 0 aliphatic carbocycles. The van der Waals surface area contributed by atoms with Gasteiger partial charge < -0.3 is 15.2 Å². The van der Waals surface area contributed by atoms with E-state index in [1.807, 2.05) is 31.2 Å². The van der Waals surface area contributed by atoms with E-state index in [9.17, 15) is 19.1 Å². The van der Waals surface area contributed by atoms with Gasteiger partial charge in [0.15, 0.2) is 5.69 Å². The second kappa shape index (κ2) is 9.21. The number of hydrogen-bond donors (Lipinski definition) is 2. The average Bonchev–Trinajstić information content (AvgIpc) is 3.10. The number of benzene rings is 2. The summed E-state index contributed by atoms with van der Waals surface area (Å²) >= 11 is 0. The van der Waals surface area contributed by atoms with E-state index in [2.05, 4.69) is 10.4 Å². The molecule has 0 saturated heterocycles. The Kier molecular flexibility index (Phi) is 6.46. The van der Waals surface area contributed by atoms with Crippen LogP contribution in [0.2, 0.25) is 0 Å². The number of aryl methyl sites for hydroxylation is 1. The van der Waals surface area contributed by atoms with Crippen molar-refractivity contribution in [1.29, 1.82) is 0 Å². The van der Waals surface area contributed by atoms with Crippen LogP contribution in [0.15, 0.2) is 54.6 Å². The summed E-state index contributed by atoms with van der Waals surface area (Å²) in [6.45, 7) is 3.81. The summed E-state index contributed by atoms with van der Waals surface area (Å²) in [5, 5.41) is 16.9. The Morgan fingerprint density at radius 2 is 1.90 bits per heavy atom. The number of nitrogens with zero attached hydrogens (tertiary/aromatic N) is 2. The standard InChI is InChI=1S/C22H22FN3O4/c1-3-30-21(28)13-17(15-9-5-4-8-14(15)2)24-22(29)18-12-20(27)26(25-18)19-11-7-6-10-16(19)23/h4-12,17,27H,3,13H2,1-2H3,(H,24,29). The van der Waals surface area contributed by atoms with Crippen molar-refractivity contribution >= 4 is 11.9 Å². The van der Waals surface area contributed by atoms with Crippen LogP contribution in [-0.4, -0.2) is 33.4 Å². The number of halogens is 1. The second-order valence-corrected chi connectivity index (χ2v) is 6.64. The van der Waals surface area contributed by atoms with Gasteiger partial charge in [0.2, 0.25) is 5.88 Å². The van der Waals surface area contributed by atoms with Gasteiger partial charge >= 0.3 is 5.97 Å². The van der Waals surface area contributed by atoms with Crippen LogP contribution in [0.25, 0.3) is 5.69 Å². The van der Waals surface area contributed by atoms with Crippen LogP contribution in [0.4, 0.5) is 4.39 Å². The predicted molar refractivity (Wildman–Crippen MR) is 108 cm³/mol. The van der Waals surface area contributed by atoms with Gasteiger partial charge in [0.25, 0.3) is 5.91 Å². The third-order valence-electron chi connectivity index (χ3n) is 4.55. The highest BCUT2D eigenvalue weighted by atomic mass is 19.1. The maximum Gasteiger partial charge on any atom is 0.308 e. The van der Waals surface area contributed by atoms with Gasteiger partial charge in [0, 0.05) is 6.07 Å². The van der Waals surface area contributed by atoms with Gasteiger partial charge in [0.05, 0.1) is 19.1 Å². The van der Waals surface area contributed by atoms with E-state index in [1.54, 1.807) is 13.0 Å². The fraction of sp³-hybridized carbons (Fsp3) is 0.227. The number of esters is 1. The lowest BCUT2D eigenvalue weighted by atomic mass is 9.98. The first-order valence-electron chi connectivity index (χ1n) is 9.46. The van der Waals surface area contributed by atoms with Gasteiger partial charge in [-0.2, -0.15) is 9.78 Å². The number of hydrogen-bond acceptors (Lipinski definition) is 5. The molecule has 7 nitrogen and oxygen atoms in total. The van der Waals surface area contributed by atoms with Crippen LogP contribution in [0.5, 0.6) is 5.88 Å². The van der Waals surface area contributed by atoms with Crippen LogP contribution in [0.1, 0.15) is 41.0 Å². The van der Waals surface area contributed by atoms with E-state index in [-0.39, 0.29) is 30.3 Å². The van der Waals surface area contributed by atoms with Crippen LogP contribution >= 0.6 is 0 Å². The summed E-state index contributed by atoms with van der Waals surface area (Å²) in [6.07, 6.45) is -0.0650. The van der Waals surface area contributed by atoms with Crippen LogP contribution < -0.4 is 5.32 Å². The first kappa shape index (κ1) is 21.0. The molecule has 1 unspecified atom stereocenters. The quantitative estimate of drug-likeness (QED) is 0.581. The van der Waals surface area contributed by atoms with Gasteiger partial charge in [0.1, 0.15) is 11.5 Å². The lowest BCUT2D eigenvalue weighted by Crippen LogP contribution is -2.31. The molecule has 30 heavy (non-hydrogen) atoms. The number of carbonyl (C=O) groups excluding carboxylic acids is 2. The molecule has 0 saturated carbocycles. The van der Waals surface area contributed by atoms with Crippen molar-refractivity contribution in [3.8, 4) is 11.6 Å². The average molecular weight is 411 g/mol. The molecule has 0 aliphatic heterocycles. The molecule has 8 heteroatoms. The molecule has 0 bridgehead atoms. The normalized spacial score (nSPS) is 11.7. The van der Waals surface area contributed by atoms with Gasteiger partial charge in [-0.25, -0.2) is 4.39 Å². The van der Waals surface area contributed by atoms with Crippen molar-refractivity contribution < 1.29 is 23.8 Å². The van der Waals surface area contributed by atoms with Crippen molar-refractivity contribution in [2.24, 2.45) is 0 Å². The number of para-hydroxylation sites is 1. The molecule has 3 rings (SSSR count). The zero-order chi connectivity index (χ0) is 21.7. The molecule has 0 radical (unpaired) electrons. The number of aromatic nitrogens is 2. The van der Waals surface area contributed by atoms with E-state index in [1.165, 1.54) is 18.2 Å². The fourth-order valence-corrected chi connectivity index (χ4v) is 3.12. The summed E-state index contributed by atoms with van der Waals surface area (Å²) in [4.78, 5) is 24.9. The summed E-state index contributed by atoms with van der Waals surface area (Å²) in [5.41, 5.74) is 1.55. The molecule has 1 aromatic heterocycles.